The molecule has 3 rings (SSSR count). The standard InChI is InChI=1S/C23H28F2N2O2/c1-2-15-6-7-17-4-3-5-21(20(17)10-15)26-13-23(29)22(27-14-28)11-16-8-18(24)12-19(25)9-16/h6-10,12,14,21-23,26,29H,2-5,11,13H2,1H3,(H,27,28)/t21-,22-,23-/m0/s1. The number of halogens is 2. The minimum Gasteiger partial charge on any atom is -0.390 e. The number of aryl methyl sites for hydroxylation is 2. The lowest BCUT2D eigenvalue weighted by molar-refractivity contribution is -0.110. The SMILES string of the molecule is CCc1ccc2c(c1)[C@@H](NC[C@H](O)[C@H](Cc1cc(F)cc(F)c1)NC=O)CCC2. The van der Waals surface area contributed by atoms with Crippen LogP contribution in [0.4, 0.5) is 8.78 Å². The van der Waals surface area contributed by atoms with Gasteiger partial charge in [-0.15, -0.1) is 0 Å². The van der Waals surface area contributed by atoms with Gasteiger partial charge in [0, 0.05) is 18.7 Å². The predicted molar refractivity (Wildman–Crippen MR) is 109 cm³/mol. The van der Waals surface area contributed by atoms with Crippen LogP contribution < -0.4 is 10.6 Å². The average molecular weight is 402 g/mol. The van der Waals surface area contributed by atoms with Gasteiger partial charge in [0.15, 0.2) is 0 Å². The molecule has 0 saturated heterocycles. The average Bonchev–Trinajstić information content (AvgIpc) is 2.70. The number of carbonyl (C=O) groups is 1. The number of aliphatic hydroxyl groups excluding tert-OH is 1. The van der Waals surface area contributed by atoms with Gasteiger partial charge in [-0.2, -0.15) is 0 Å². The number of fused-ring (bicyclic) bond motifs is 1. The Kier molecular flexibility index (Phi) is 7.34. The molecule has 1 aliphatic carbocycles. The number of aliphatic hydroxyl groups is 1. The van der Waals surface area contributed by atoms with Crippen molar-refractivity contribution < 1.29 is 18.7 Å². The molecule has 2 aromatic rings. The zero-order valence-corrected chi connectivity index (χ0v) is 16.6. The number of hydrogen-bond donors (Lipinski definition) is 3. The Hall–Kier alpha value is -2.31. The molecule has 0 fully saturated rings. The van der Waals surface area contributed by atoms with Crippen LogP contribution in [0.2, 0.25) is 0 Å². The van der Waals surface area contributed by atoms with Gasteiger partial charge >= 0.3 is 0 Å². The van der Waals surface area contributed by atoms with Crippen molar-refractivity contribution in [2.45, 2.75) is 57.2 Å². The van der Waals surface area contributed by atoms with E-state index in [0.717, 1.165) is 31.7 Å². The van der Waals surface area contributed by atoms with Gasteiger partial charge in [-0.05, 0) is 66.5 Å². The van der Waals surface area contributed by atoms with E-state index in [1.165, 1.54) is 28.8 Å². The highest BCUT2D eigenvalue weighted by Gasteiger charge is 2.24. The van der Waals surface area contributed by atoms with E-state index in [1.54, 1.807) is 0 Å². The smallest absolute Gasteiger partial charge is 0.207 e. The topological polar surface area (TPSA) is 61.4 Å². The number of hydrogen-bond acceptors (Lipinski definition) is 3. The van der Waals surface area contributed by atoms with Crippen molar-refractivity contribution >= 4 is 6.41 Å². The Bertz CT molecular complexity index is 823. The minimum absolute atomic E-state index is 0.136. The largest absolute Gasteiger partial charge is 0.390 e. The molecule has 0 bridgehead atoms. The van der Waals surface area contributed by atoms with Crippen LogP contribution in [0.5, 0.6) is 0 Å². The summed E-state index contributed by atoms with van der Waals surface area (Å²) in [5.74, 6) is -1.36. The van der Waals surface area contributed by atoms with E-state index in [0.29, 0.717) is 12.0 Å². The van der Waals surface area contributed by atoms with Gasteiger partial charge in [0.05, 0.1) is 12.1 Å². The van der Waals surface area contributed by atoms with E-state index < -0.39 is 23.8 Å². The molecule has 1 aliphatic rings. The number of carbonyl (C=O) groups excluding carboxylic acids is 1. The molecule has 0 unspecified atom stereocenters. The molecule has 2 aromatic carbocycles. The van der Waals surface area contributed by atoms with Gasteiger partial charge in [0.1, 0.15) is 11.6 Å². The first-order valence-electron chi connectivity index (χ1n) is 10.2. The van der Waals surface area contributed by atoms with E-state index in [1.807, 2.05) is 0 Å². The third-order valence-corrected chi connectivity index (χ3v) is 5.63. The Balaban J connectivity index is 1.66. The molecule has 3 N–H and O–H groups in total. The van der Waals surface area contributed by atoms with Crippen LogP contribution in [0.15, 0.2) is 36.4 Å². The Labute approximate surface area is 170 Å². The molecule has 29 heavy (non-hydrogen) atoms. The number of benzene rings is 2. The predicted octanol–water partition coefficient (Wildman–Crippen LogP) is 3.21. The maximum absolute atomic E-state index is 13.5. The van der Waals surface area contributed by atoms with Crippen LogP contribution in [-0.4, -0.2) is 30.2 Å². The zero-order chi connectivity index (χ0) is 20.8. The first-order chi connectivity index (χ1) is 14.0. The minimum atomic E-state index is -0.897. The van der Waals surface area contributed by atoms with Crippen molar-refractivity contribution in [1.29, 1.82) is 0 Å². The van der Waals surface area contributed by atoms with E-state index in [9.17, 15) is 18.7 Å². The lowest BCUT2D eigenvalue weighted by Gasteiger charge is -2.30. The van der Waals surface area contributed by atoms with E-state index in [-0.39, 0.29) is 19.0 Å². The first kappa shape index (κ1) is 21.4. The fourth-order valence-electron chi connectivity index (χ4n) is 4.06. The summed E-state index contributed by atoms with van der Waals surface area (Å²) in [6, 6.07) is 9.31. The normalized spacial score (nSPS) is 18.0. The highest BCUT2D eigenvalue weighted by molar-refractivity contribution is 5.47. The fourth-order valence-corrected chi connectivity index (χ4v) is 4.06. The van der Waals surface area contributed by atoms with Crippen LogP contribution in [0, 0.1) is 11.6 Å². The van der Waals surface area contributed by atoms with Gasteiger partial charge in [-0.25, -0.2) is 8.78 Å². The molecule has 0 radical (unpaired) electrons. The molecule has 0 heterocycles. The van der Waals surface area contributed by atoms with Crippen LogP contribution in [0.25, 0.3) is 0 Å². The lowest BCUT2D eigenvalue weighted by atomic mass is 9.86. The van der Waals surface area contributed by atoms with Gasteiger partial charge in [-0.3, -0.25) is 4.79 Å². The third-order valence-electron chi connectivity index (χ3n) is 5.63. The van der Waals surface area contributed by atoms with Crippen molar-refractivity contribution in [3.05, 3.63) is 70.3 Å². The van der Waals surface area contributed by atoms with E-state index >= 15 is 0 Å². The van der Waals surface area contributed by atoms with Crippen molar-refractivity contribution in [1.82, 2.24) is 10.6 Å². The van der Waals surface area contributed by atoms with Crippen LogP contribution in [0.3, 0.4) is 0 Å². The summed E-state index contributed by atoms with van der Waals surface area (Å²) in [6.45, 7) is 2.39. The van der Waals surface area contributed by atoms with Crippen molar-refractivity contribution in [2.24, 2.45) is 0 Å². The molecule has 3 atom stereocenters. The van der Waals surface area contributed by atoms with Crippen molar-refractivity contribution in [3.63, 3.8) is 0 Å². The second-order valence-corrected chi connectivity index (χ2v) is 7.68. The van der Waals surface area contributed by atoms with Gasteiger partial charge < -0.3 is 15.7 Å². The van der Waals surface area contributed by atoms with Crippen LogP contribution >= 0.6 is 0 Å². The van der Waals surface area contributed by atoms with Crippen LogP contribution in [0.1, 0.15) is 48.1 Å². The van der Waals surface area contributed by atoms with E-state index in [2.05, 4.69) is 35.8 Å². The second-order valence-electron chi connectivity index (χ2n) is 7.68. The Morgan fingerprint density at radius 2 is 1.93 bits per heavy atom. The molecule has 1 amide bonds. The third kappa shape index (κ3) is 5.61. The quantitative estimate of drug-likeness (QED) is 0.565. The maximum atomic E-state index is 13.5. The molecule has 0 aliphatic heterocycles. The van der Waals surface area contributed by atoms with Gasteiger partial charge in [0.2, 0.25) is 6.41 Å². The van der Waals surface area contributed by atoms with Gasteiger partial charge in [-0.1, -0.05) is 25.1 Å². The summed E-state index contributed by atoms with van der Waals surface area (Å²) in [4.78, 5) is 11.0. The number of nitrogens with one attached hydrogen (secondary N) is 2. The lowest BCUT2D eigenvalue weighted by Crippen LogP contribution is -2.46. The summed E-state index contributed by atoms with van der Waals surface area (Å²) in [5, 5.41) is 16.6. The zero-order valence-electron chi connectivity index (χ0n) is 16.6. The monoisotopic (exact) mass is 402 g/mol. The molecule has 156 valence electrons. The molecular formula is C23H28F2N2O2. The summed E-state index contributed by atoms with van der Waals surface area (Å²) in [5.41, 5.74) is 4.27. The summed E-state index contributed by atoms with van der Waals surface area (Å²) >= 11 is 0. The number of amides is 1. The summed E-state index contributed by atoms with van der Waals surface area (Å²) in [7, 11) is 0. The second kappa shape index (κ2) is 9.94. The maximum Gasteiger partial charge on any atom is 0.207 e. The summed E-state index contributed by atoms with van der Waals surface area (Å²) < 4.78 is 26.9. The molecule has 6 heteroatoms. The highest BCUT2D eigenvalue weighted by atomic mass is 19.1. The Morgan fingerprint density at radius 1 is 1.17 bits per heavy atom. The molecule has 0 saturated carbocycles. The van der Waals surface area contributed by atoms with Crippen molar-refractivity contribution in [3.8, 4) is 0 Å². The summed E-state index contributed by atoms with van der Waals surface area (Å²) in [6.07, 6.45) is 3.83. The highest BCUT2D eigenvalue weighted by Crippen LogP contribution is 2.30. The first-order valence-corrected chi connectivity index (χ1v) is 10.2. The fraction of sp³-hybridized carbons (Fsp3) is 0.435. The van der Waals surface area contributed by atoms with Crippen molar-refractivity contribution in [2.75, 3.05) is 6.54 Å². The number of rotatable bonds is 9. The van der Waals surface area contributed by atoms with E-state index in [4.69, 9.17) is 0 Å². The molecule has 0 aromatic heterocycles. The van der Waals surface area contributed by atoms with Crippen LogP contribution in [-0.2, 0) is 24.1 Å². The van der Waals surface area contributed by atoms with Gasteiger partial charge in [0.25, 0.3) is 0 Å². The molecular weight excluding hydrogens is 374 g/mol. The Morgan fingerprint density at radius 3 is 2.62 bits per heavy atom. The molecule has 4 nitrogen and oxygen atoms in total. The molecule has 0 spiro atoms.